The number of thiophene rings is 2. The third-order valence-electron chi connectivity index (χ3n) is 10.1. The summed E-state index contributed by atoms with van der Waals surface area (Å²) >= 11 is 3.42. The minimum Gasteiger partial charge on any atom is -0.508 e. The van der Waals surface area contributed by atoms with Gasteiger partial charge < -0.3 is 33.9 Å². The van der Waals surface area contributed by atoms with E-state index in [9.17, 15) is 14.7 Å². The van der Waals surface area contributed by atoms with E-state index in [1.807, 2.05) is 28.3 Å². The van der Waals surface area contributed by atoms with Crippen molar-refractivity contribution in [1.29, 1.82) is 0 Å². The molecule has 13 heteroatoms. The number of ether oxygens (including phenoxy) is 4. The van der Waals surface area contributed by atoms with Crippen molar-refractivity contribution in [3.05, 3.63) is 108 Å². The highest BCUT2D eigenvalue weighted by atomic mass is 32.1. The molecule has 2 aromatic heterocycles. The maximum absolute atomic E-state index is 13.7. The minimum atomic E-state index is -0.122. The van der Waals surface area contributed by atoms with Gasteiger partial charge in [0.05, 0.1) is 48.8 Å². The molecule has 11 nitrogen and oxygen atoms in total. The van der Waals surface area contributed by atoms with Gasteiger partial charge in [-0.15, -0.1) is 22.7 Å². The fourth-order valence-electron chi connectivity index (χ4n) is 7.36. The number of hydrogen-bond acceptors (Lipinski definition) is 11. The summed E-state index contributed by atoms with van der Waals surface area (Å²) in [7, 11) is 3.07. The second-order valence-corrected chi connectivity index (χ2v) is 15.3. The number of amides is 2. The Morgan fingerprint density at radius 2 is 1.15 bits per heavy atom. The van der Waals surface area contributed by atoms with E-state index in [4.69, 9.17) is 28.9 Å². The molecule has 0 aliphatic carbocycles. The van der Waals surface area contributed by atoms with Crippen molar-refractivity contribution in [2.45, 2.75) is 51.2 Å². The molecule has 53 heavy (non-hydrogen) atoms. The number of nitrogens with zero attached hydrogens (tertiary/aromatic N) is 4. The Labute approximate surface area is 313 Å². The zero-order chi connectivity index (χ0) is 36.2. The molecule has 0 bridgehead atoms. The summed E-state index contributed by atoms with van der Waals surface area (Å²) in [4.78, 5) is 43.1. The van der Waals surface area contributed by atoms with Gasteiger partial charge in [0.15, 0.2) is 23.0 Å². The zero-order valence-electron chi connectivity index (χ0n) is 28.9. The molecular weight excluding hydrogens is 713 g/mol. The highest BCUT2D eigenvalue weighted by molar-refractivity contribution is 7.10. The summed E-state index contributed by atoms with van der Waals surface area (Å²) < 4.78 is 23.7. The lowest BCUT2D eigenvalue weighted by atomic mass is 10.0. The fourth-order valence-corrected chi connectivity index (χ4v) is 9.26. The first-order valence-corrected chi connectivity index (χ1v) is 18.9. The third-order valence-corrected chi connectivity index (χ3v) is 12.1. The average Bonchev–Trinajstić information content (AvgIpc) is 3.79. The summed E-state index contributed by atoms with van der Waals surface area (Å²) in [6.07, 6.45) is 5.17. The maximum Gasteiger partial charge on any atom is 0.257 e. The van der Waals surface area contributed by atoms with Crippen LogP contribution in [0.2, 0.25) is 0 Å². The summed E-state index contributed by atoms with van der Waals surface area (Å²) in [6.45, 7) is 1.29. The standard InChI is InChI=1S/C40H34N4O7S2/c1-48-33-12-29-31(41-16-26-10-37-24(3-5-52-37)18-43(26)39(29)46)14-35(33)50-20-22-7-23(9-28(45)8-22)21-51-36-15-32-30(13-34(36)49-2)40(47)44-19-25-4-6-53-38(25)11-27(44)17-42-32/h3-9,12-17,26-27,45H,10-11,18-21H2,1-2H3/t26-,27-/m0/s1. The second-order valence-electron chi connectivity index (χ2n) is 13.3. The zero-order valence-corrected chi connectivity index (χ0v) is 30.5. The molecule has 268 valence electrons. The fraction of sp³-hybridized carbons (Fsp3) is 0.250. The number of phenols is 1. The molecule has 0 saturated heterocycles. The van der Waals surface area contributed by atoms with E-state index >= 15 is 0 Å². The molecule has 1 N–H and O–H groups in total. The molecule has 0 radical (unpaired) electrons. The molecule has 2 atom stereocenters. The van der Waals surface area contributed by atoms with Gasteiger partial charge in [-0.05, 0) is 75.5 Å². The summed E-state index contributed by atoms with van der Waals surface area (Å²) in [6, 6.07) is 15.9. The van der Waals surface area contributed by atoms with Gasteiger partial charge in [-0.2, -0.15) is 0 Å². The first kappa shape index (κ1) is 33.2. The van der Waals surface area contributed by atoms with Crippen molar-refractivity contribution in [1.82, 2.24) is 9.80 Å². The number of rotatable bonds is 8. The number of carbonyl (C=O) groups excluding carboxylic acids is 2. The largest absolute Gasteiger partial charge is 0.508 e. The van der Waals surface area contributed by atoms with Crippen molar-refractivity contribution < 1.29 is 33.6 Å². The Bertz CT molecular complexity index is 2190. The van der Waals surface area contributed by atoms with Gasteiger partial charge in [0, 0.05) is 60.2 Å². The number of fused-ring (bicyclic) bond motifs is 6. The molecule has 4 aliphatic rings. The van der Waals surface area contributed by atoms with E-state index in [-0.39, 0.29) is 42.9 Å². The Morgan fingerprint density at radius 1 is 0.679 bits per heavy atom. The van der Waals surface area contributed by atoms with Crippen molar-refractivity contribution >= 4 is 58.3 Å². The highest BCUT2D eigenvalue weighted by Gasteiger charge is 2.35. The number of carbonyl (C=O) groups is 2. The Balaban J connectivity index is 0.914. The molecule has 4 aliphatic heterocycles. The summed E-state index contributed by atoms with van der Waals surface area (Å²) in [5.41, 5.74) is 5.68. The third kappa shape index (κ3) is 6.09. The van der Waals surface area contributed by atoms with Crippen LogP contribution in [0.4, 0.5) is 11.4 Å². The van der Waals surface area contributed by atoms with Gasteiger partial charge in [0.25, 0.3) is 11.8 Å². The van der Waals surface area contributed by atoms with Crippen LogP contribution in [-0.4, -0.2) is 65.5 Å². The van der Waals surface area contributed by atoms with Gasteiger partial charge >= 0.3 is 0 Å². The van der Waals surface area contributed by atoms with E-state index in [1.165, 1.54) is 35.1 Å². The molecule has 6 heterocycles. The van der Waals surface area contributed by atoms with E-state index in [2.05, 4.69) is 22.9 Å². The molecule has 0 saturated carbocycles. The number of phenolic OH excluding ortho intramolecular Hbond substituents is 1. The van der Waals surface area contributed by atoms with Crippen LogP contribution >= 0.6 is 22.7 Å². The van der Waals surface area contributed by atoms with Gasteiger partial charge in [0.1, 0.15) is 19.0 Å². The van der Waals surface area contributed by atoms with Gasteiger partial charge in [-0.3, -0.25) is 19.6 Å². The smallest absolute Gasteiger partial charge is 0.257 e. The monoisotopic (exact) mass is 746 g/mol. The lowest BCUT2D eigenvalue weighted by molar-refractivity contribution is 0.0697. The van der Waals surface area contributed by atoms with Crippen LogP contribution in [0.3, 0.4) is 0 Å². The number of aliphatic imine (C=N–C) groups is 2. The highest BCUT2D eigenvalue weighted by Crippen LogP contribution is 2.41. The van der Waals surface area contributed by atoms with Gasteiger partial charge in [-0.1, -0.05) is 0 Å². The van der Waals surface area contributed by atoms with Crippen molar-refractivity contribution in [2.24, 2.45) is 9.98 Å². The van der Waals surface area contributed by atoms with Crippen LogP contribution in [0, 0.1) is 0 Å². The maximum atomic E-state index is 13.7. The summed E-state index contributed by atoms with van der Waals surface area (Å²) in [5.74, 6) is 1.52. The molecule has 5 aromatic rings. The first-order chi connectivity index (χ1) is 25.8. The Morgan fingerprint density at radius 3 is 1.60 bits per heavy atom. The number of methoxy groups -OCH3 is 2. The molecular formula is C40H34N4O7S2. The molecule has 0 fully saturated rings. The van der Waals surface area contributed by atoms with Crippen LogP contribution in [0.1, 0.15) is 52.7 Å². The van der Waals surface area contributed by atoms with E-state index in [1.54, 1.807) is 59.1 Å². The van der Waals surface area contributed by atoms with Crippen LogP contribution in [0.5, 0.6) is 28.7 Å². The molecule has 0 spiro atoms. The predicted molar refractivity (Wildman–Crippen MR) is 202 cm³/mol. The van der Waals surface area contributed by atoms with Crippen LogP contribution in [-0.2, 0) is 39.1 Å². The van der Waals surface area contributed by atoms with Crippen LogP contribution < -0.4 is 18.9 Å². The molecule has 3 aromatic carbocycles. The number of aromatic hydroxyl groups is 1. The first-order valence-electron chi connectivity index (χ1n) is 17.2. The summed E-state index contributed by atoms with van der Waals surface area (Å²) in [5, 5.41) is 14.8. The number of hydrogen-bond donors (Lipinski definition) is 1. The van der Waals surface area contributed by atoms with Crippen LogP contribution in [0.15, 0.2) is 75.3 Å². The van der Waals surface area contributed by atoms with E-state index < -0.39 is 0 Å². The van der Waals surface area contributed by atoms with E-state index in [0.29, 0.717) is 69.7 Å². The van der Waals surface area contributed by atoms with E-state index in [0.717, 1.165) is 12.8 Å². The average molecular weight is 747 g/mol. The molecule has 2 amide bonds. The predicted octanol–water partition coefficient (Wildman–Crippen LogP) is 7.26. The topological polar surface area (TPSA) is 122 Å². The quantitative estimate of drug-likeness (QED) is 0.178. The SMILES string of the molecule is COc1cc2c(cc1OCc1cc(O)cc(COc3cc4c(cc3OC)C(=O)N3Cc5ccsc5C[C@H]3C=N4)c1)N=C[C@@H]1Cc3sccc3CN1C2=O. The van der Waals surface area contributed by atoms with Crippen molar-refractivity contribution in [3.63, 3.8) is 0 Å². The Kier molecular flexibility index (Phi) is 8.39. The van der Waals surface area contributed by atoms with Gasteiger partial charge in [-0.25, -0.2) is 0 Å². The Hall–Kier alpha value is -5.66. The molecule has 0 unspecified atom stereocenters. The van der Waals surface area contributed by atoms with Crippen molar-refractivity contribution in [2.75, 3.05) is 14.2 Å². The van der Waals surface area contributed by atoms with Crippen molar-refractivity contribution in [3.8, 4) is 28.7 Å². The normalized spacial score (nSPS) is 18.2. The molecule has 9 rings (SSSR count). The lowest BCUT2D eigenvalue weighted by Gasteiger charge is -2.32. The van der Waals surface area contributed by atoms with Gasteiger partial charge in [0.2, 0.25) is 0 Å². The van der Waals surface area contributed by atoms with Crippen LogP contribution in [0.25, 0.3) is 0 Å². The number of benzene rings is 3. The minimum absolute atomic E-state index is 0.0493. The lowest BCUT2D eigenvalue weighted by Crippen LogP contribution is -2.44. The second kappa shape index (κ2) is 13.4.